The molecule has 1 amide bonds. The van der Waals surface area contributed by atoms with Gasteiger partial charge in [-0.3, -0.25) is 4.79 Å². The summed E-state index contributed by atoms with van der Waals surface area (Å²) in [7, 11) is 0. The SMILES string of the molecule is CC(=O)Nc1cc(Nc2cc(NC3CC3)n3ncc(C#N)c3n2)c(F)cc1C1CC1. The number of amides is 1. The van der Waals surface area contributed by atoms with Gasteiger partial charge in [0.25, 0.3) is 0 Å². The van der Waals surface area contributed by atoms with Gasteiger partial charge in [-0.2, -0.15) is 14.9 Å². The van der Waals surface area contributed by atoms with Gasteiger partial charge in [-0.1, -0.05) is 0 Å². The van der Waals surface area contributed by atoms with Gasteiger partial charge in [0.2, 0.25) is 5.91 Å². The maximum atomic E-state index is 14.9. The summed E-state index contributed by atoms with van der Waals surface area (Å²) in [6.07, 6.45) is 5.58. The Morgan fingerprint density at radius 3 is 2.70 bits per heavy atom. The summed E-state index contributed by atoms with van der Waals surface area (Å²) >= 11 is 0. The van der Waals surface area contributed by atoms with Gasteiger partial charge in [-0.25, -0.2) is 9.37 Å². The number of nitrogens with zero attached hydrogens (tertiary/aromatic N) is 4. The number of aromatic nitrogens is 3. The molecule has 0 radical (unpaired) electrons. The van der Waals surface area contributed by atoms with E-state index < -0.39 is 5.82 Å². The van der Waals surface area contributed by atoms with Crippen LogP contribution in [0, 0.1) is 17.1 Å². The Morgan fingerprint density at radius 2 is 2.03 bits per heavy atom. The topological polar surface area (TPSA) is 107 Å². The van der Waals surface area contributed by atoms with Gasteiger partial charge in [0.05, 0.1) is 11.9 Å². The highest BCUT2D eigenvalue weighted by atomic mass is 19.1. The van der Waals surface area contributed by atoms with E-state index >= 15 is 0 Å². The van der Waals surface area contributed by atoms with Crippen molar-refractivity contribution in [3.8, 4) is 6.07 Å². The highest BCUT2D eigenvalue weighted by Crippen LogP contribution is 2.45. The zero-order valence-corrected chi connectivity index (χ0v) is 16.4. The van der Waals surface area contributed by atoms with Gasteiger partial charge < -0.3 is 16.0 Å². The summed E-state index contributed by atoms with van der Waals surface area (Å²) in [5.41, 5.74) is 2.35. The number of rotatable bonds is 6. The monoisotopic (exact) mass is 405 g/mol. The molecule has 2 saturated carbocycles. The number of benzene rings is 1. The third-order valence-electron chi connectivity index (χ3n) is 5.25. The van der Waals surface area contributed by atoms with Crippen LogP contribution in [0.2, 0.25) is 0 Å². The Morgan fingerprint density at radius 1 is 1.23 bits per heavy atom. The minimum absolute atomic E-state index is 0.204. The fourth-order valence-corrected chi connectivity index (χ4v) is 3.50. The normalized spacial score (nSPS) is 15.6. The molecule has 2 fully saturated rings. The van der Waals surface area contributed by atoms with Crippen LogP contribution in [0.3, 0.4) is 0 Å². The Kier molecular flexibility index (Phi) is 4.28. The first-order chi connectivity index (χ1) is 14.5. The standard InChI is InChI=1S/C21H20FN7O/c1-11(30)25-17-7-18(16(22)6-15(17)12-2-3-12)27-19-8-20(26-14-4-5-14)29-21(28-19)13(9-23)10-24-29/h6-8,10,12,14,26H,2-5H2,1H3,(H,25,30)(H,27,28). The third-order valence-corrected chi connectivity index (χ3v) is 5.25. The minimum atomic E-state index is -0.418. The molecule has 5 rings (SSSR count). The van der Waals surface area contributed by atoms with E-state index in [1.807, 2.05) is 0 Å². The Labute approximate surface area is 172 Å². The van der Waals surface area contributed by atoms with Crippen molar-refractivity contribution in [3.63, 3.8) is 0 Å². The quantitative estimate of drug-likeness (QED) is 0.574. The van der Waals surface area contributed by atoms with Crippen molar-refractivity contribution in [2.24, 2.45) is 0 Å². The lowest BCUT2D eigenvalue weighted by atomic mass is 10.1. The fraction of sp³-hybridized carbons (Fsp3) is 0.333. The van der Waals surface area contributed by atoms with Crippen LogP contribution in [-0.4, -0.2) is 26.5 Å². The van der Waals surface area contributed by atoms with Crippen LogP contribution in [0.5, 0.6) is 0 Å². The van der Waals surface area contributed by atoms with Crippen molar-refractivity contribution in [2.75, 3.05) is 16.0 Å². The number of carbonyl (C=O) groups is 1. The van der Waals surface area contributed by atoms with Gasteiger partial charge >= 0.3 is 0 Å². The van der Waals surface area contributed by atoms with Crippen LogP contribution in [0.15, 0.2) is 24.4 Å². The van der Waals surface area contributed by atoms with Crippen molar-refractivity contribution >= 4 is 34.6 Å². The summed E-state index contributed by atoms with van der Waals surface area (Å²) < 4.78 is 16.5. The molecule has 1 aromatic carbocycles. The number of nitriles is 1. The molecule has 0 atom stereocenters. The molecule has 9 heteroatoms. The van der Waals surface area contributed by atoms with Gasteiger partial charge in [-0.05, 0) is 49.3 Å². The van der Waals surface area contributed by atoms with E-state index in [9.17, 15) is 14.4 Å². The zero-order chi connectivity index (χ0) is 20.8. The number of fused-ring (bicyclic) bond motifs is 1. The highest BCUT2D eigenvalue weighted by Gasteiger charge is 2.28. The molecule has 0 spiro atoms. The van der Waals surface area contributed by atoms with Gasteiger partial charge in [0.15, 0.2) is 5.65 Å². The predicted molar refractivity (Wildman–Crippen MR) is 110 cm³/mol. The van der Waals surface area contributed by atoms with E-state index in [2.05, 4.69) is 32.1 Å². The Hall–Kier alpha value is -3.67. The number of halogens is 1. The molecule has 2 aromatic heterocycles. The van der Waals surface area contributed by atoms with E-state index in [-0.39, 0.29) is 17.5 Å². The van der Waals surface area contributed by atoms with Crippen LogP contribution in [0.25, 0.3) is 5.65 Å². The van der Waals surface area contributed by atoms with Crippen molar-refractivity contribution in [1.82, 2.24) is 14.6 Å². The van der Waals surface area contributed by atoms with E-state index in [0.29, 0.717) is 34.6 Å². The van der Waals surface area contributed by atoms with Crippen molar-refractivity contribution in [1.29, 1.82) is 5.26 Å². The lowest BCUT2D eigenvalue weighted by Gasteiger charge is -2.15. The lowest BCUT2D eigenvalue weighted by molar-refractivity contribution is -0.114. The molecule has 3 aromatic rings. The molecule has 0 saturated heterocycles. The molecule has 0 unspecified atom stereocenters. The number of carbonyl (C=O) groups excluding carboxylic acids is 1. The molecule has 2 aliphatic rings. The van der Waals surface area contributed by atoms with Crippen LogP contribution in [-0.2, 0) is 4.79 Å². The number of hydrogen-bond acceptors (Lipinski definition) is 6. The molecule has 152 valence electrons. The molecule has 8 nitrogen and oxygen atoms in total. The lowest BCUT2D eigenvalue weighted by Crippen LogP contribution is -2.11. The smallest absolute Gasteiger partial charge is 0.221 e. The molecule has 0 aliphatic heterocycles. The average molecular weight is 405 g/mol. The largest absolute Gasteiger partial charge is 0.367 e. The number of nitrogens with one attached hydrogen (secondary N) is 3. The van der Waals surface area contributed by atoms with Gasteiger partial charge in [0.1, 0.15) is 29.1 Å². The number of anilines is 4. The van der Waals surface area contributed by atoms with E-state index in [4.69, 9.17) is 0 Å². The molecule has 30 heavy (non-hydrogen) atoms. The molecule has 2 heterocycles. The molecule has 0 bridgehead atoms. The van der Waals surface area contributed by atoms with E-state index in [1.165, 1.54) is 19.2 Å². The summed E-state index contributed by atoms with van der Waals surface area (Å²) in [5.74, 6) is 0.725. The van der Waals surface area contributed by atoms with Gasteiger partial charge in [0, 0.05) is 24.7 Å². The second-order valence-electron chi connectivity index (χ2n) is 7.85. The van der Waals surface area contributed by atoms with Gasteiger partial charge in [-0.15, -0.1) is 0 Å². The third kappa shape index (κ3) is 3.52. The van der Waals surface area contributed by atoms with Crippen molar-refractivity contribution < 1.29 is 9.18 Å². The van der Waals surface area contributed by atoms with E-state index in [0.717, 1.165) is 31.2 Å². The number of hydrogen-bond donors (Lipinski definition) is 3. The first-order valence-electron chi connectivity index (χ1n) is 9.95. The second kappa shape index (κ2) is 6.99. The molecular formula is C21H20FN7O. The molecular weight excluding hydrogens is 385 g/mol. The second-order valence-corrected chi connectivity index (χ2v) is 7.85. The van der Waals surface area contributed by atoms with Crippen LogP contribution >= 0.6 is 0 Å². The van der Waals surface area contributed by atoms with Crippen molar-refractivity contribution in [2.45, 2.75) is 44.6 Å². The highest BCUT2D eigenvalue weighted by molar-refractivity contribution is 5.90. The summed E-state index contributed by atoms with van der Waals surface area (Å²) in [4.78, 5) is 16.1. The predicted octanol–water partition coefficient (Wildman–Crippen LogP) is 3.89. The Bertz CT molecular complexity index is 1200. The maximum Gasteiger partial charge on any atom is 0.221 e. The molecule has 2 aliphatic carbocycles. The van der Waals surface area contributed by atoms with E-state index in [1.54, 1.807) is 16.6 Å². The van der Waals surface area contributed by atoms with Crippen molar-refractivity contribution in [3.05, 3.63) is 41.3 Å². The van der Waals surface area contributed by atoms with Crippen LogP contribution < -0.4 is 16.0 Å². The average Bonchev–Trinajstić information content (AvgIpc) is 3.63. The summed E-state index contributed by atoms with van der Waals surface area (Å²) in [5, 5.41) is 22.8. The fourth-order valence-electron chi connectivity index (χ4n) is 3.50. The summed E-state index contributed by atoms with van der Waals surface area (Å²) in [6, 6.07) is 7.27. The first kappa shape index (κ1) is 18.4. The first-order valence-corrected chi connectivity index (χ1v) is 9.95. The van der Waals surface area contributed by atoms with Crippen LogP contribution in [0.4, 0.5) is 27.4 Å². The van der Waals surface area contributed by atoms with Crippen LogP contribution in [0.1, 0.15) is 49.7 Å². The maximum absolute atomic E-state index is 14.9. The molecule has 3 N–H and O–H groups in total. The Balaban J connectivity index is 1.54. The summed E-state index contributed by atoms with van der Waals surface area (Å²) in [6.45, 7) is 1.43. The minimum Gasteiger partial charge on any atom is -0.367 e. The zero-order valence-electron chi connectivity index (χ0n) is 16.4.